The number of benzene rings is 1. The minimum atomic E-state index is -1.39. The molecule has 0 aliphatic carbocycles. The molecule has 7 nitrogen and oxygen atoms in total. The van der Waals surface area contributed by atoms with Crippen LogP contribution in [-0.2, 0) is 9.53 Å². The molecule has 3 rings (SSSR count). The number of hydrogen-bond donors (Lipinski definition) is 2. The first-order valence-corrected chi connectivity index (χ1v) is 9.16. The van der Waals surface area contributed by atoms with Gasteiger partial charge in [-0.15, -0.1) is 0 Å². The first-order valence-electron chi connectivity index (χ1n) is 8.78. The fraction of sp³-hybridized carbons (Fsp3) is 0.350. The summed E-state index contributed by atoms with van der Waals surface area (Å²) in [6.45, 7) is 3.86. The molecule has 8 heteroatoms. The summed E-state index contributed by atoms with van der Waals surface area (Å²) in [7, 11) is 0. The third kappa shape index (κ3) is 4.43. The van der Waals surface area contributed by atoms with Crippen LogP contribution in [-0.4, -0.2) is 39.7 Å². The number of aromatic nitrogens is 1. The average molecular weight is 405 g/mol. The third-order valence-corrected chi connectivity index (χ3v) is 4.88. The highest BCUT2D eigenvalue weighted by molar-refractivity contribution is 6.32. The van der Waals surface area contributed by atoms with Crippen molar-refractivity contribution < 1.29 is 24.2 Å². The van der Waals surface area contributed by atoms with Crippen LogP contribution in [0.5, 0.6) is 11.5 Å². The predicted molar refractivity (Wildman–Crippen MR) is 103 cm³/mol. The molecular formula is C20H21ClN2O5. The molecule has 1 fully saturated rings. The van der Waals surface area contributed by atoms with Gasteiger partial charge in [-0.2, -0.15) is 0 Å². The van der Waals surface area contributed by atoms with Crippen molar-refractivity contribution in [3.63, 3.8) is 0 Å². The second kappa shape index (κ2) is 7.77. The van der Waals surface area contributed by atoms with E-state index < -0.39 is 23.0 Å². The summed E-state index contributed by atoms with van der Waals surface area (Å²) in [6.07, 6.45) is 3.53. The molecule has 1 aromatic heterocycles. The zero-order valence-electron chi connectivity index (χ0n) is 15.6. The van der Waals surface area contributed by atoms with E-state index in [2.05, 4.69) is 10.3 Å². The minimum Gasteiger partial charge on any atom is -0.480 e. The van der Waals surface area contributed by atoms with E-state index in [4.69, 9.17) is 21.1 Å². The fourth-order valence-electron chi connectivity index (χ4n) is 3.26. The Balaban J connectivity index is 1.78. The van der Waals surface area contributed by atoms with E-state index in [-0.39, 0.29) is 30.0 Å². The van der Waals surface area contributed by atoms with Crippen molar-refractivity contribution in [1.29, 1.82) is 0 Å². The second-order valence-corrected chi connectivity index (χ2v) is 7.71. The number of amides is 1. The zero-order chi connectivity index (χ0) is 20.4. The van der Waals surface area contributed by atoms with E-state index in [0.717, 1.165) is 0 Å². The standard InChI is InChI=1S/C20H21ClN2O5/c1-19(2)12-20(18(25)26,7-10-27-19)23-17(24)13-3-4-16(15(21)11-13)28-14-5-8-22-9-6-14/h3-6,8-9,11H,7,10,12H2,1-2H3,(H,23,24)(H,25,26). The van der Waals surface area contributed by atoms with E-state index in [1.54, 1.807) is 44.4 Å². The topological polar surface area (TPSA) is 97.8 Å². The molecule has 1 atom stereocenters. The van der Waals surface area contributed by atoms with Crippen molar-refractivity contribution in [2.45, 2.75) is 37.8 Å². The van der Waals surface area contributed by atoms with Gasteiger partial charge in [0.05, 0.1) is 17.2 Å². The van der Waals surface area contributed by atoms with Gasteiger partial charge in [-0.05, 0) is 44.2 Å². The Labute approximate surface area is 167 Å². The SMILES string of the molecule is CC1(C)CC(NC(=O)c2ccc(Oc3ccncc3)c(Cl)c2)(C(=O)O)CCO1. The number of ether oxygens (including phenoxy) is 2. The summed E-state index contributed by atoms with van der Waals surface area (Å²) in [5.41, 5.74) is -1.79. The number of hydrogen-bond acceptors (Lipinski definition) is 5. The molecule has 0 bridgehead atoms. The normalized spacial score (nSPS) is 21.0. The first-order chi connectivity index (χ1) is 13.2. The maximum absolute atomic E-state index is 12.7. The molecule has 1 unspecified atom stereocenters. The average Bonchev–Trinajstić information content (AvgIpc) is 2.63. The van der Waals surface area contributed by atoms with Crippen molar-refractivity contribution >= 4 is 23.5 Å². The quantitative estimate of drug-likeness (QED) is 0.789. The summed E-state index contributed by atoms with van der Waals surface area (Å²) < 4.78 is 11.3. The maximum Gasteiger partial charge on any atom is 0.329 e. The Kier molecular flexibility index (Phi) is 5.58. The largest absolute Gasteiger partial charge is 0.480 e. The summed E-state index contributed by atoms with van der Waals surface area (Å²) in [6, 6.07) is 7.92. The third-order valence-electron chi connectivity index (χ3n) is 4.58. The lowest BCUT2D eigenvalue weighted by atomic mass is 9.81. The smallest absolute Gasteiger partial charge is 0.329 e. The first kappa shape index (κ1) is 20.1. The van der Waals surface area contributed by atoms with Crippen LogP contribution in [0.3, 0.4) is 0 Å². The highest BCUT2D eigenvalue weighted by atomic mass is 35.5. The number of carbonyl (C=O) groups is 2. The molecular weight excluding hydrogens is 384 g/mol. The Morgan fingerprint density at radius 2 is 1.96 bits per heavy atom. The van der Waals surface area contributed by atoms with Gasteiger partial charge < -0.3 is 19.9 Å². The van der Waals surface area contributed by atoms with Crippen molar-refractivity contribution in [1.82, 2.24) is 10.3 Å². The molecule has 1 aromatic carbocycles. The van der Waals surface area contributed by atoms with Crippen molar-refractivity contribution in [2.24, 2.45) is 0 Å². The predicted octanol–water partition coefficient (Wildman–Crippen LogP) is 3.67. The van der Waals surface area contributed by atoms with Crippen LogP contribution in [0.15, 0.2) is 42.7 Å². The summed E-state index contributed by atoms with van der Waals surface area (Å²) in [5, 5.41) is 12.7. The number of carboxylic acids is 1. The van der Waals surface area contributed by atoms with E-state index >= 15 is 0 Å². The van der Waals surface area contributed by atoms with Gasteiger partial charge in [-0.3, -0.25) is 9.78 Å². The van der Waals surface area contributed by atoms with Gasteiger partial charge in [0.2, 0.25) is 0 Å². The number of aliphatic carboxylic acids is 1. The lowest BCUT2D eigenvalue weighted by Crippen LogP contribution is -2.61. The molecule has 2 aromatic rings. The molecule has 28 heavy (non-hydrogen) atoms. The molecule has 0 spiro atoms. The van der Waals surface area contributed by atoms with E-state index in [1.807, 2.05) is 0 Å². The molecule has 2 N–H and O–H groups in total. The number of rotatable bonds is 5. The lowest BCUT2D eigenvalue weighted by Gasteiger charge is -2.42. The van der Waals surface area contributed by atoms with Gasteiger partial charge in [0, 0.05) is 30.8 Å². The number of carbonyl (C=O) groups excluding carboxylic acids is 1. The van der Waals surface area contributed by atoms with Gasteiger partial charge in [-0.1, -0.05) is 11.6 Å². The molecule has 0 radical (unpaired) electrons. The van der Waals surface area contributed by atoms with Crippen molar-refractivity contribution in [2.75, 3.05) is 6.61 Å². The van der Waals surface area contributed by atoms with Crippen LogP contribution < -0.4 is 10.1 Å². The number of pyridine rings is 1. The molecule has 148 valence electrons. The summed E-state index contributed by atoms with van der Waals surface area (Å²) >= 11 is 6.25. The maximum atomic E-state index is 12.7. The lowest BCUT2D eigenvalue weighted by molar-refractivity contribution is -0.157. The number of nitrogens with one attached hydrogen (secondary N) is 1. The van der Waals surface area contributed by atoms with Gasteiger partial charge in [0.15, 0.2) is 0 Å². The molecule has 1 amide bonds. The highest BCUT2D eigenvalue weighted by Gasteiger charge is 2.47. The molecule has 1 aliphatic heterocycles. The number of nitrogens with zero attached hydrogens (tertiary/aromatic N) is 1. The Morgan fingerprint density at radius 1 is 1.25 bits per heavy atom. The van der Waals surface area contributed by atoms with Gasteiger partial charge in [0.1, 0.15) is 17.0 Å². The number of carboxylic acid groups (broad SMARTS) is 1. The van der Waals surface area contributed by atoms with Gasteiger partial charge in [-0.25, -0.2) is 4.79 Å². The van der Waals surface area contributed by atoms with Crippen molar-refractivity contribution in [3.8, 4) is 11.5 Å². The van der Waals surface area contributed by atoms with E-state index in [9.17, 15) is 14.7 Å². The Hall–Kier alpha value is -2.64. The van der Waals surface area contributed by atoms with Crippen LogP contribution in [0.1, 0.15) is 37.0 Å². The van der Waals surface area contributed by atoms with Gasteiger partial charge in [0.25, 0.3) is 5.91 Å². The van der Waals surface area contributed by atoms with Gasteiger partial charge >= 0.3 is 5.97 Å². The van der Waals surface area contributed by atoms with Crippen LogP contribution in [0.25, 0.3) is 0 Å². The molecule has 1 aliphatic rings. The van der Waals surface area contributed by atoms with Crippen LogP contribution in [0, 0.1) is 0 Å². The van der Waals surface area contributed by atoms with Crippen LogP contribution >= 0.6 is 11.6 Å². The van der Waals surface area contributed by atoms with E-state index in [0.29, 0.717) is 11.5 Å². The molecule has 0 saturated carbocycles. The molecule has 2 heterocycles. The Morgan fingerprint density at radius 3 is 2.57 bits per heavy atom. The van der Waals surface area contributed by atoms with Crippen molar-refractivity contribution in [3.05, 3.63) is 53.3 Å². The second-order valence-electron chi connectivity index (χ2n) is 7.31. The molecule has 1 saturated heterocycles. The minimum absolute atomic E-state index is 0.165. The Bertz CT molecular complexity index is 887. The highest BCUT2D eigenvalue weighted by Crippen LogP contribution is 2.34. The monoisotopic (exact) mass is 404 g/mol. The van der Waals surface area contributed by atoms with E-state index in [1.165, 1.54) is 12.1 Å². The zero-order valence-corrected chi connectivity index (χ0v) is 16.3. The summed E-state index contributed by atoms with van der Waals surface area (Å²) in [4.78, 5) is 28.6. The van der Waals surface area contributed by atoms with Crippen LogP contribution in [0.2, 0.25) is 5.02 Å². The van der Waals surface area contributed by atoms with Crippen LogP contribution in [0.4, 0.5) is 0 Å². The number of halogens is 1. The fourth-order valence-corrected chi connectivity index (χ4v) is 3.48. The summed E-state index contributed by atoms with van der Waals surface area (Å²) in [5.74, 6) is -0.661.